The van der Waals surface area contributed by atoms with Crippen molar-refractivity contribution in [2.45, 2.75) is 20.3 Å². The Morgan fingerprint density at radius 2 is 2.30 bits per heavy atom. The molecule has 4 rings (SSSR count). The van der Waals surface area contributed by atoms with Crippen LogP contribution in [-0.2, 0) is 0 Å². The van der Waals surface area contributed by atoms with Crippen LogP contribution in [0, 0.1) is 6.92 Å². The Labute approximate surface area is 122 Å². The number of hydrogen-bond donors (Lipinski definition) is 0. The molecule has 3 nitrogen and oxygen atoms in total. The number of furan rings is 1. The number of allylic oxidation sites excluding steroid dienone is 1. The highest BCUT2D eigenvalue weighted by Gasteiger charge is 2.33. The van der Waals surface area contributed by atoms with E-state index in [1.807, 2.05) is 24.1 Å². The summed E-state index contributed by atoms with van der Waals surface area (Å²) < 4.78 is 5.65. The zero-order valence-electron chi connectivity index (χ0n) is 11.6. The SMILES string of the molecule is CCC1=C(c2cccc3occ(C)c23)N2CCN=C2S1. The molecule has 102 valence electrons. The molecule has 0 amide bonds. The fourth-order valence-electron chi connectivity index (χ4n) is 3.01. The summed E-state index contributed by atoms with van der Waals surface area (Å²) in [6.45, 7) is 6.23. The van der Waals surface area contributed by atoms with E-state index in [1.165, 1.54) is 27.1 Å². The van der Waals surface area contributed by atoms with Gasteiger partial charge in [0, 0.05) is 22.4 Å². The smallest absolute Gasteiger partial charge is 0.168 e. The van der Waals surface area contributed by atoms with Gasteiger partial charge >= 0.3 is 0 Å². The normalized spacial score (nSPS) is 18.1. The summed E-state index contributed by atoms with van der Waals surface area (Å²) in [5.41, 5.74) is 4.79. The van der Waals surface area contributed by atoms with Gasteiger partial charge in [0.25, 0.3) is 0 Å². The van der Waals surface area contributed by atoms with E-state index >= 15 is 0 Å². The Balaban J connectivity index is 1.98. The van der Waals surface area contributed by atoms with Crippen molar-refractivity contribution in [2.24, 2.45) is 4.99 Å². The summed E-state index contributed by atoms with van der Waals surface area (Å²) in [6, 6.07) is 6.33. The Morgan fingerprint density at radius 3 is 3.15 bits per heavy atom. The number of rotatable bonds is 2. The van der Waals surface area contributed by atoms with Crippen molar-refractivity contribution >= 4 is 33.6 Å². The van der Waals surface area contributed by atoms with Gasteiger partial charge in [-0.15, -0.1) is 0 Å². The highest BCUT2D eigenvalue weighted by atomic mass is 32.2. The first kappa shape index (κ1) is 12.1. The zero-order chi connectivity index (χ0) is 13.7. The third kappa shape index (κ3) is 1.57. The molecule has 1 aromatic heterocycles. The molecule has 4 heteroatoms. The zero-order valence-corrected chi connectivity index (χ0v) is 12.5. The Morgan fingerprint density at radius 1 is 1.40 bits per heavy atom. The van der Waals surface area contributed by atoms with Gasteiger partial charge in [0.2, 0.25) is 0 Å². The van der Waals surface area contributed by atoms with Gasteiger partial charge in [-0.2, -0.15) is 0 Å². The second-order valence-electron chi connectivity index (χ2n) is 5.14. The number of hydrogen-bond acceptors (Lipinski definition) is 4. The molecule has 0 aliphatic carbocycles. The average Bonchev–Trinajstić information content (AvgIpc) is 3.12. The van der Waals surface area contributed by atoms with E-state index in [0.717, 1.165) is 30.3 Å². The van der Waals surface area contributed by atoms with Gasteiger partial charge in [0.05, 0.1) is 18.5 Å². The van der Waals surface area contributed by atoms with Crippen molar-refractivity contribution in [3.8, 4) is 0 Å². The summed E-state index contributed by atoms with van der Waals surface area (Å²) in [5, 5.41) is 2.40. The predicted molar refractivity (Wildman–Crippen MR) is 84.8 cm³/mol. The van der Waals surface area contributed by atoms with E-state index in [-0.39, 0.29) is 0 Å². The maximum absolute atomic E-state index is 5.65. The molecule has 0 saturated carbocycles. The second kappa shape index (κ2) is 4.42. The third-order valence-corrected chi connectivity index (χ3v) is 5.17. The Bertz CT molecular complexity index is 757. The number of nitrogens with zero attached hydrogens (tertiary/aromatic N) is 2. The van der Waals surface area contributed by atoms with E-state index in [4.69, 9.17) is 4.42 Å². The van der Waals surface area contributed by atoms with Crippen molar-refractivity contribution in [2.75, 3.05) is 13.1 Å². The Hall–Kier alpha value is -1.68. The van der Waals surface area contributed by atoms with E-state index in [0.29, 0.717) is 0 Å². The molecule has 0 bridgehead atoms. The van der Waals surface area contributed by atoms with Crippen molar-refractivity contribution in [3.05, 3.63) is 40.5 Å². The Kier molecular flexibility index (Phi) is 2.67. The molecule has 0 N–H and O–H groups in total. The van der Waals surface area contributed by atoms with Crippen molar-refractivity contribution in [1.29, 1.82) is 0 Å². The van der Waals surface area contributed by atoms with Crippen LogP contribution in [0.4, 0.5) is 0 Å². The fraction of sp³-hybridized carbons (Fsp3) is 0.312. The molecular formula is C16H16N2OS. The van der Waals surface area contributed by atoms with Crippen molar-refractivity contribution < 1.29 is 4.42 Å². The monoisotopic (exact) mass is 284 g/mol. The standard InChI is InChI=1S/C16H16N2OS/c1-3-13-15(18-8-7-17-16(18)20-13)11-5-4-6-12-14(11)10(2)9-19-12/h4-6,9H,3,7-8H2,1-2H3. The van der Waals surface area contributed by atoms with Crippen molar-refractivity contribution in [3.63, 3.8) is 0 Å². The quantitative estimate of drug-likeness (QED) is 0.826. The van der Waals surface area contributed by atoms with E-state index in [2.05, 4.69) is 35.9 Å². The molecular weight excluding hydrogens is 268 g/mol. The van der Waals surface area contributed by atoms with Gasteiger partial charge in [-0.1, -0.05) is 30.8 Å². The van der Waals surface area contributed by atoms with Crippen LogP contribution in [0.1, 0.15) is 24.5 Å². The van der Waals surface area contributed by atoms with Crippen LogP contribution in [0.3, 0.4) is 0 Å². The maximum Gasteiger partial charge on any atom is 0.168 e. The number of aliphatic imine (C=N–C) groups is 1. The molecule has 0 fully saturated rings. The molecule has 0 saturated heterocycles. The predicted octanol–water partition coefficient (Wildman–Crippen LogP) is 4.24. The van der Waals surface area contributed by atoms with Gasteiger partial charge in [-0.05, 0) is 25.0 Å². The lowest BCUT2D eigenvalue weighted by Crippen LogP contribution is -2.20. The minimum Gasteiger partial charge on any atom is -0.464 e. The highest BCUT2D eigenvalue weighted by molar-refractivity contribution is 8.17. The molecule has 3 heterocycles. The molecule has 0 unspecified atom stereocenters. The number of aryl methyl sites for hydroxylation is 1. The lowest BCUT2D eigenvalue weighted by Gasteiger charge is -2.18. The molecule has 2 aromatic rings. The first-order valence-electron chi connectivity index (χ1n) is 6.99. The first-order chi connectivity index (χ1) is 9.79. The van der Waals surface area contributed by atoms with E-state index < -0.39 is 0 Å². The van der Waals surface area contributed by atoms with Crippen molar-refractivity contribution in [1.82, 2.24) is 4.90 Å². The van der Waals surface area contributed by atoms with Crippen LogP contribution >= 0.6 is 11.8 Å². The molecule has 1 aromatic carbocycles. The van der Waals surface area contributed by atoms with Gasteiger partial charge < -0.3 is 9.32 Å². The average molecular weight is 284 g/mol. The largest absolute Gasteiger partial charge is 0.464 e. The molecule has 2 aliphatic rings. The van der Waals surface area contributed by atoms with Gasteiger partial charge in [-0.25, -0.2) is 0 Å². The van der Waals surface area contributed by atoms with Crippen LogP contribution in [0.2, 0.25) is 0 Å². The third-order valence-electron chi connectivity index (χ3n) is 3.91. The summed E-state index contributed by atoms with van der Waals surface area (Å²) in [4.78, 5) is 8.38. The molecule has 0 radical (unpaired) electrons. The van der Waals surface area contributed by atoms with Crippen LogP contribution < -0.4 is 0 Å². The summed E-state index contributed by atoms with van der Waals surface area (Å²) in [7, 11) is 0. The molecule has 0 atom stereocenters. The summed E-state index contributed by atoms with van der Waals surface area (Å²) in [6.07, 6.45) is 2.89. The number of fused-ring (bicyclic) bond motifs is 2. The van der Waals surface area contributed by atoms with Gasteiger partial charge in [0.15, 0.2) is 5.17 Å². The number of thioether (sulfide) groups is 1. The minimum absolute atomic E-state index is 0.906. The molecule has 20 heavy (non-hydrogen) atoms. The number of benzene rings is 1. The van der Waals surface area contributed by atoms with E-state index in [9.17, 15) is 0 Å². The summed E-state index contributed by atoms with van der Waals surface area (Å²) in [5.74, 6) is 0. The second-order valence-corrected chi connectivity index (χ2v) is 6.20. The van der Waals surface area contributed by atoms with E-state index in [1.54, 1.807) is 0 Å². The molecule has 0 spiro atoms. The van der Waals surface area contributed by atoms with Crippen LogP contribution in [-0.4, -0.2) is 23.2 Å². The first-order valence-corrected chi connectivity index (χ1v) is 7.81. The molecule has 2 aliphatic heterocycles. The highest BCUT2D eigenvalue weighted by Crippen LogP contribution is 2.45. The lowest BCUT2D eigenvalue weighted by molar-refractivity contribution is 0.613. The fourth-order valence-corrected chi connectivity index (χ4v) is 4.14. The lowest BCUT2D eigenvalue weighted by atomic mass is 10.0. The minimum atomic E-state index is 0.906. The topological polar surface area (TPSA) is 28.7 Å². The van der Waals surface area contributed by atoms with Gasteiger partial charge in [0.1, 0.15) is 5.58 Å². The number of amidine groups is 1. The van der Waals surface area contributed by atoms with Gasteiger partial charge in [-0.3, -0.25) is 4.99 Å². The van der Waals surface area contributed by atoms with Crippen LogP contribution in [0.15, 0.2) is 38.8 Å². The summed E-state index contributed by atoms with van der Waals surface area (Å²) >= 11 is 1.83. The van der Waals surface area contributed by atoms with Crippen LogP contribution in [0.5, 0.6) is 0 Å². The van der Waals surface area contributed by atoms with Crippen LogP contribution in [0.25, 0.3) is 16.7 Å². The maximum atomic E-state index is 5.65.